The molecule has 1 aromatic rings. The summed E-state index contributed by atoms with van der Waals surface area (Å²) in [5.74, 6) is 0.406. The SMILES string of the molecule is CCN(CC)CCCNS(=O)(=O)c1ccc(C(C)C)cc1. The summed E-state index contributed by atoms with van der Waals surface area (Å²) in [4.78, 5) is 2.63. The molecule has 0 spiro atoms. The molecule has 0 amide bonds. The lowest BCUT2D eigenvalue weighted by molar-refractivity contribution is 0.300. The van der Waals surface area contributed by atoms with Crippen LogP contribution in [0.4, 0.5) is 0 Å². The van der Waals surface area contributed by atoms with Crippen molar-refractivity contribution < 1.29 is 8.42 Å². The van der Waals surface area contributed by atoms with Crippen molar-refractivity contribution in [2.24, 2.45) is 0 Å². The first kappa shape index (κ1) is 18.1. The predicted molar refractivity (Wildman–Crippen MR) is 88.1 cm³/mol. The van der Waals surface area contributed by atoms with E-state index in [0.717, 1.165) is 31.6 Å². The van der Waals surface area contributed by atoms with Crippen molar-refractivity contribution in [2.75, 3.05) is 26.2 Å². The third kappa shape index (κ3) is 5.77. The maximum atomic E-state index is 12.2. The minimum atomic E-state index is -3.38. The van der Waals surface area contributed by atoms with Crippen molar-refractivity contribution in [2.45, 2.75) is 44.9 Å². The minimum absolute atomic E-state index is 0.342. The smallest absolute Gasteiger partial charge is 0.240 e. The Bertz CT molecular complexity index is 506. The van der Waals surface area contributed by atoms with Crippen molar-refractivity contribution in [3.8, 4) is 0 Å². The van der Waals surface area contributed by atoms with Crippen LogP contribution >= 0.6 is 0 Å². The number of nitrogens with zero attached hydrogens (tertiary/aromatic N) is 1. The quantitative estimate of drug-likeness (QED) is 0.713. The van der Waals surface area contributed by atoms with E-state index in [1.165, 1.54) is 0 Å². The Balaban J connectivity index is 2.53. The summed E-state index contributed by atoms with van der Waals surface area (Å²) in [7, 11) is -3.38. The third-order valence-corrected chi connectivity index (χ3v) is 5.17. The van der Waals surface area contributed by atoms with Crippen molar-refractivity contribution >= 4 is 10.0 Å². The van der Waals surface area contributed by atoms with E-state index < -0.39 is 10.0 Å². The maximum absolute atomic E-state index is 12.2. The van der Waals surface area contributed by atoms with Crippen LogP contribution in [-0.4, -0.2) is 39.5 Å². The Hall–Kier alpha value is -0.910. The molecular weight excluding hydrogens is 284 g/mol. The lowest BCUT2D eigenvalue weighted by Crippen LogP contribution is -2.30. The summed E-state index contributed by atoms with van der Waals surface area (Å²) in [6, 6.07) is 7.13. The number of hydrogen-bond donors (Lipinski definition) is 1. The van der Waals surface area contributed by atoms with Crippen LogP contribution in [0, 0.1) is 0 Å². The molecule has 1 N–H and O–H groups in total. The Morgan fingerprint density at radius 1 is 1.10 bits per heavy atom. The molecule has 0 aliphatic heterocycles. The Kier molecular flexibility index (Phi) is 7.35. The molecule has 4 nitrogen and oxygen atoms in total. The molecule has 0 atom stereocenters. The van der Waals surface area contributed by atoms with Crippen LogP contribution in [0.1, 0.15) is 45.6 Å². The summed E-state index contributed by atoms with van der Waals surface area (Å²) in [6.07, 6.45) is 0.824. The van der Waals surface area contributed by atoms with Gasteiger partial charge in [-0.2, -0.15) is 0 Å². The van der Waals surface area contributed by atoms with E-state index in [1.54, 1.807) is 12.1 Å². The van der Waals surface area contributed by atoms with Gasteiger partial charge >= 0.3 is 0 Å². The van der Waals surface area contributed by atoms with Crippen LogP contribution < -0.4 is 4.72 Å². The highest BCUT2D eigenvalue weighted by atomic mass is 32.2. The highest BCUT2D eigenvalue weighted by Crippen LogP contribution is 2.17. The molecular formula is C16H28N2O2S. The molecule has 0 aliphatic carbocycles. The van der Waals surface area contributed by atoms with Gasteiger partial charge in [0.15, 0.2) is 0 Å². The van der Waals surface area contributed by atoms with Gasteiger partial charge < -0.3 is 4.90 Å². The molecule has 0 radical (unpaired) electrons. The molecule has 0 aliphatic rings. The lowest BCUT2D eigenvalue weighted by atomic mass is 10.0. The molecule has 21 heavy (non-hydrogen) atoms. The molecule has 0 aromatic heterocycles. The normalized spacial score (nSPS) is 12.3. The molecule has 5 heteroatoms. The number of hydrogen-bond acceptors (Lipinski definition) is 3. The predicted octanol–water partition coefficient (Wildman–Crippen LogP) is 2.82. The van der Waals surface area contributed by atoms with Gasteiger partial charge in [-0.05, 0) is 49.7 Å². The average molecular weight is 312 g/mol. The second kappa shape index (κ2) is 8.51. The Morgan fingerprint density at radius 2 is 1.67 bits per heavy atom. The zero-order chi connectivity index (χ0) is 15.9. The molecule has 1 rings (SSSR count). The largest absolute Gasteiger partial charge is 0.304 e. The monoisotopic (exact) mass is 312 g/mol. The number of rotatable bonds is 9. The standard InChI is InChI=1S/C16H28N2O2S/c1-5-18(6-2)13-7-12-17-21(19,20)16-10-8-15(9-11-16)14(3)4/h8-11,14,17H,5-7,12-13H2,1-4H3. The Labute approximate surface area is 129 Å². The molecule has 1 aromatic carbocycles. The van der Waals surface area contributed by atoms with Gasteiger partial charge in [-0.1, -0.05) is 39.8 Å². The van der Waals surface area contributed by atoms with Gasteiger partial charge in [-0.3, -0.25) is 0 Å². The molecule has 0 bridgehead atoms. The summed E-state index contributed by atoms with van der Waals surface area (Å²) in [5.41, 5.74) is 1.15. The molecule has 0 fully saturated rings. The van der Waals surface area contributed by atoms with Crippen LogP contribution in [0.2, 0.25) is 0 Å². The van der Waals surface area contributed by atoms with Crippen LogP contribution in [0.25, 0.3) is 0 Å². The first-order chi connectivity index (χ1) is 9.90. The van der Waals surface area contributed by atoms with Gasteiger partial charge in [-0.15, -0.1) is 0 Å². The van der Waals surface area contributed by atoms with Crippen LogP contribution in [-0.2, 0) is 10.0 Å². The van der Waals surface area contributed by atoms with E-state index in [0.29, 0.717) is 17.4 Å². The highest BCUT2D eigenvalue weighted by Gasteiger charge is 2.13. The molecule has 120 valence electrons. The second-order valence-electron chi connectivity index (χ2n) is 5.50. The fraction of sp³-hybridized carbons (Fsp3) is 0.625. The van der Waals surface area contributed by atoms with Crippen molar-refractivity contribution in [1.29, 1.82) is 0 Å². The first-order valence-electron chi connectivity index (χ1n) is 7.72. The molecule has 0 unspecified atom stereocenters. The topological polar surface area (TPSA) is 49.4 Å². The number of sulfonamides is 1. The lowest BCUT2D eigenvalue weighted by Gasteiger charge is -2.17. The highest BCUT2D eigenvalue weighted by molar-refractivity contribution is 7.89. The van der Waals surface area contributed by atoms with E-state index in [2.05, 4.69) is 37.3 Å². The van der Waals surface area contributed by atoms with Crippen LogP contribution in [0.5, 0.6) is 0 Å². The molecule has 0 saturated carbocycles. The maximum Gasteiger partial charge on any atom is 0.240 e. The number of benzene rings is 1. The second-order valence-corrected chi connectivity index (χ2v) is 7.27. The molecule has 0 heterocycles. The third-order valence-electron chi connectivity index (χ3n) is 3.69. The zero-order valence-corrected chi connectivity index (χ0v) is 14.4. The molecule has 0 saturated heterocycles. The summed E-state index contributed by atoms with van der Waals surface area (Å²) >= 11 is 0. The zero-order valence-electron chi connectivity index (χ0n) is 13.6. The van der Waals surface area contributed by atoms with E-state index in [1.807, 2.05) is 12.1 Å². The van der Waals surface area contributed by atoms with Crippen molar-refractivity contribution in [1.82, 2.24) is 9.62 Å². The van der Waals surface area contributed by atoms with Gasteiger partial charge in [0.1, 0.15) is 0 Å². The fourth-order valence-corrected chi connectivity index (χ4v) is 3.24. The first-order valence-corrected chi connectivity index (χ1v) is 9.21. The van der Waals surface area contributed by atoms with Gasteiger partial charge in [0, 0.05) is 6.54 Å². The average Bonchev–Trinajstić information content (AvgIpc) is 2.47. The number of nitrogens with one attached hydrogen (secondary N) is 1. The Morgan fingerprint density at radius 3 is 2.14 bits per heavy atom. The van der Waals surface area contributed by atoms with E-state index in [9.17, 15) is 8.42 Å². The van der Waals surface area contributed by atoms with Gasteiger partial charge in [0.25, 0.3) is 0 Å². The van der Waals surface area contributed by atoms with E-state index >= 15 is 0 Å². The van der Waals surface area contributed by atoms with Crippen molar-refractivity contribution in [3.63, 3.8) is 0 Å². The van der Waals surface area contributed by atoms with Crippen LogP contribution in [0.3, 0.4) is 0 Å². The van der Waals surface area contributed by atoms with Gasteiger partial charge in [0.05, 0.1) is 4.90 Å². The summed E-state index contributed by atoms with van der Waals surface area (Å²) in [6.45, 7) is 11.8. The fourth-order valence-electron chi connectivity index (χ4n) is 2.16. The van der Waals surface area contributed by atoms with E-state index in [4.69, 9.17) is 0 Å². The summed E-state index contributed by atoms with van der Waals surface area (Å²) in [5, 5.41) is 0. The van der Waals surface area contributed by atoms with E-state index in [-0.39, 0.29) is 0 Å². The van der Waals surface area contributed by atoms with Crippen LogP contribution in [0.15, 0.2) is 29.2 Å². The van der Waals surface area contributed by atoms with Gasteiger partial charge in [-0.25, -0.2) is 13.1 Å². The summed E-state index contributed by atoms with van der Waals surface area (Å²) < 4.78 is 27.0. The van der Waals surface area contributed by atoms with Crippen molar-refractivity contribution in [3.05, 3.63) is 29.8 Å². The minimum Gasteiger partial charge on any atom is -0.304 e. The van der Waals surface area contributed by atoms with Gasteiger partial charge in [0.2, 0.25) is 10.0 Å².